The Morgan fingerprint density at radius 3 is 2.58 bits per heavy atom. The molecule has 96 valence electrons. The molecule has 0 aromatic heterocycles. The van der Waals surface area contributed by atoms with Gasteiger partial charge in [-0.2, -0.15) is 0 Å². The average molecular weight is 256 g/mol. The second-order valence-electron chi connectivity index (χ2n) is 4.52. The number of fused-ring (bicyclic) bond motifs is 1. The van der Waals surface area contributed by atoms with Gasteiger partial charge in [0.1, 0.15) is 17.2 Å². The van der Waals surface area contributed by atoms with Gasteiger partial charge in [0.2, 0.25) is 0 Å². The molecule has 0 fully saturated rings. The van der Waals surface area contributed by atoms with Crippen molar-refractivity contribution in [3.8, 4) is 17.2 Å². The van der Waals surface area contributed by atoms with Gasteiger partial charge in [-0.05, 0) is 5.56 Å². The fourth-order valence-electron chi connectivity index (χ4n) is 2.44. The van der Waals surface area contributed by atoms with Crippen molar-refractivity contribution in [3.05, 3.63) is 53.6 Å². The SMILES string of the molecule is O=C1C[C@@H](c2ccccc2)c2c(O)cc(O)cc2O1. The summed E-state index contributed by atoms with van der Waals surface area (Å²) in [4.78, 5) is 11.6. The van der Waals surface area contributed by atoms with Crippen LogP contribution in [0.4, 0.5) is 0 Å². The molecule has 4 nitrogen and oxygen atoms in total. The maximum Gasteiger partial charge on any atom is 0.312 e. The van der Waals surface area contributed by atoms with Crippen molar-refractivity contribution in [3.63, 3.8) is 0 Å². The molecule has 4 heteroatoms. The first-order chi connectivity index (χ1) is 9.15. The molecule has 2 aromatic rings. The van der Waals surface area contributed by atoms with Gasteiger partial charge in [0.05, 0.1) is 6.42 Å². The molecule has 0 aliphatic carbocycles. The summed E-state index contributed by atoms with van der Waals surface area (Å²) in [5.74, 6) is -0.582. The summed E-state index contributed by atoms with van der Waals surface area (Å²) in [6, 6.07) is 12.1. The van der Waals surface area contributed by atoms with Gasteiger partial charge in [0.25, 0.3) is 0 Å². The van der Waals surface area contributed by atoms with Crippen LogP contribution < -0.4 is 4.74 Å². The minimum Gasteiger partial charge on any atom is -0.508 e. The minimum atomic E-state index is -0.369. The third kappa shape index (κ3) is 2.01. The Balaban J connectivity index is 2.17. The first-order valence-corrected chi connectivity index (χ1v) is 5.96. The summed E-state index contributed by atoms with van der Waals surface area (Å²) in [6.45, 7) is 0. The highest BCUT2D eigenvalue weighted by Crippen LogP contribution is 2.45. The van der Waals surface area contributed by atoms with E-state index in [2.05, 4.69) is 0 Å². The molecule has 1 aliphatic heterocycles. The van der Waals surface area contributed by atoms with Crippen LogP contribution in [-0.4, -0.2) is 16.2 Å². The van der Waals surface area contributed by atoms with Gasteiger partial charge in [-0.25, -0.2) is 0 Å². The van der Waals surface area contributed by atoms with Crippen LogP contribution in [-0.2, 0) is 4.79 Å². The fraction of sp³-hybridized carbons (Fsp3) is 0.133. The van der Waals surface area contributed by atoms with Crippen molar-refractivity contribution in [1.29, 1.82) is 0 Å². The van der Waals surface area contributed by atoms with Gasteiger partial charge in [0, 0.05) is 23.6 Å². The lowest BCUT2D eigenvalue weighted by molar-refractivity contribution is -0.135. The highest BCUT2D eigenvalue weighted by Gasteiger charge is 2.31. The number of carbonyl (C=O) groups is 1. The predicted octanol–water partition coefficient (Wildman–Crippen LogP) is 2.54. The number of hydrogen-bond donors (Lipinski definition) is 2. The topological polar surface area (TPSA) is 66.8 Å². The molecule has 3 rings (SSSR count). The summed E-state index contributed by atoms with van der Waals surface area (Å²) in [6.07, 6.45) is 0.176. The Morgan fingerprint density at radius 2 is 1.84 bits per heavy atom. The maximum absolute atomic E-state index is 11.6. The van der Waals surface area contributed by atoms with Gasteiger partial charge < -0.3 is 14.9 Å². The number of aromatic hydroxyl groups is 2. The molecule has 1 atom stereocenters. The number of hydrogen-bond acceptors (Lipinski definition) is 4. The summed E-state index contributed by atoms with van der Waals surface area (Å²) in [7, 11) is 0. The molecule has 0 radical (unpaired) electrons. The number of ether oxygens (including phenoxy) is 1. The molecule has 0 saturated carbocycles. The summed E-state index contributed by atoms with van der Waals surface area (Å²) in [5.41, 5.74) is 1.48. The van der Waals surface area contributed by atoms with E-state index in [0.29, 0.717) is 5.56 Å². The smallest absolute Gasteiger partial charge is 0.312 e. The quantitative estimate of drug-likeness (QED) is 0.607. The molecule has 0 bridgehead atoms. The van der Waals surface area contributed by atoms with Crippen molar-refractivity contribution in [1.82, 2.24) is 0 Å². The predicted molar refractivity (Wildman–Crippen MR) is 68.3 cm³/mol. The maximum atomic E-state index is 11.6. The van der Waals surface area contributed by atoms with Crippen molar-refractivity contribution in [2.24, 2.45) is 0 Å². The molecular formula is C15H12O4. The summed E-state index contributed by atoms with van der Waals surface area (Å²) >= 11 is 0. The van der Waals surface area contributed by atoms with Crippen molar-refractivity contribution >= 4 is 5.97 Å². The Bertz CT molecular complexity index is 634. The largest absolute Gasteiger partial charge is 0.508 e. The van der Waals surface area contributed by atoms with E-state index in [-0.39, 0.29) is 35.6 Å². The van der Waals surface area contributed by atoms with Crippen LogP contribution in [0.5, 0.6) is 17.2 Å². The van der Waals surface area contributed by atoms with Crippen LogP contribution in [0.1, 0.15) is 23.5 Å². The highest BCUT2D eigenvalue weighted by atomic mass is 16.5. The van der Waals surface area contributed by atoms with E-state index in [1.807, 2.05) is 30.3 Å². The van der Waals surface area contributed by atoms with Gasteiger partial charge >= 0.3 is 5.97 Å². The summed E-state index contributed by atoms with van der Waals surface area (Å²) in [5, 5.41) is 19.5. The molecule has 0 spiro atoms. The number of carbonyl (C=O) groups excluding carboxylic acids is 1. The van der Waals surface area contributed by atoms with E-state index >= 15 is 0 Å². The second kappa shape index (κ2) is 4.31. The zero-order valence-electron chi connectivity index (χ0n) is 10.0. The van der Waals surface area contributed by atoms with E-state index < -0.39 is 0 Å². The summed E-state index contributed by atoms with van der Waals surface area (Å²) < 4.78 is 5.09. The Hall–Kier alpha value is -2.49. The van der Waals surface area contributed by atoms with Crippen LogP contribution in [0, 0.1) is 0 Å². The van der Waals surface area contributed by atoms with Crippen molar-refractivity contribution in [2.45, 2.75) is 12.3 Å². The first kappa shape index (κ1) is 11.6. The number of phenols is 2. The van der Waals surface area contributed by atoms with Crippen LogP contribution >= 0.6 is 0 Å². The molecule has 1 heterocycles. The third-order valence-electron chi connectivity index (χ3n) is 3.25. The molecule has 2 N–H and O–H groups in total. The van der Waals surface area contributed by atoms with Gasteiger partial charge in [-0.1, -0.05) is 30.3 Å². The number of rotatable bonds is 1. The van der Waals surface area contributed by atoms with E-state index in [9.17, 15) is 15.0 Å². The van der Waals surface area contributed by atoms with Crippen molar-refractivity contribution < 1.29 is 19.7 Å². The fourth-order valence-corrected chi connectivity index (χ4v) is 2.44. The minimum absolute atomic E-state index is 0.0589. The Kier molecular flexibility index (Phi) is 2.63. The highest BCUT2D eigenvalue weighted by molar-refractivity contribution is 5.79. The van der Waals surface area contributed by atoms with Gasteiger partial charge in [-0.3, -0.25) is 4.79 Å². The van der Waals surface area contributed by atoms with E-state index in [0.717, 1.165) is 5.56 Å². The molecule has 0 saturated heterocycles. The average Bonchev–Trinajstić information content (AvgIpc) is 2.38. The number of esters is 1. The second-order valence-corrected chi connectivity index (χ2v) is 4.52. The van der Waals surface area contributed by atoms with Crippen LogP contribution in [0.25, 0.3) is 0 Å². The third-order valence-corrected chi connectivity index (χ3v) is 3.25. The monoisotopic (exact) mass is 256 g/mol. The Labute approximate surface area is 109 Å². The van der Waals surface area contributed by atoms with Crippen LogP contribution in [0.2, 0.25) is 0 Å². The van der Waals surface area contributed by atoms with Crippen LogP contribution in [0.15, 0.2) is 42.5 Å². The zero-order chi connectivity index (χ0) is 13.4. The van der Waals surface area contributed by atoms with Crippen molar-refractivity contribution in [2.75, 3.05) is 0 Å². The number of phenolic OH excluding ortho intramolecular Hbond substituents is 2. The molecule has 0 amide bonds. The van der Waals surface area contributed by atoms with Gasteiger partial charge in [-0.15, -0.1) is 0 Å². The number of benzene rings is 2. The molecule has 0 unspecified atom stereocenters. The molecule has 19 heavy (non-hydrogen) atoms. The lowest BCUT2D eigenvalue weighted by atomic mass is 9.86. The van der Waals surface area contributed by atoms with Gasteiger partial charge in [0.15, 0.2) is 0 Å². The lowest BCUT2D eigenvalue weighted by Crippen LogP contribution is -2.21. The Morgan fingerprint density at radius 1 is 1.11 bits per heavy atom. The zero-order valence-corrected chi connectivity index (χ0v) is 10.0. The van der Waals surface area contributed by atoms with E-state index in [1.54, 1.807) is 0 Å². The molecular weight excluding hydrogens is 244 g/mol. The normalized spacial score (nSPS) is 17.7. The molecule has 2 aromatic carbocycles. The first-order valence-electron chi connectivity index (χ1n) is 5.96. The van der Waals surface area contributed by atoms with E-state index in [4.69, 9.17) is 4.74 Å². The van der Waals surface area contributed by atoms with E-state index in [1.165, 1.54) is 12.1 Å². The lowest BCUT2D eigenvalue weighted by Gasteiger charge is -2.25. The standard InChI is InChI=1S/C15H12O4/c16-10-6-12(17)15-11(9-4-2-1-3-5-9)8-14(18)19-13(15)7-10/h1-7,11,16-17H,8H2/t11-/m0/s1. The molecule has 1 aliphatic rings. The van der Waals surface area contributed by atoms with Crippen LogP contribution in [0.3, 0.4) is 0 Å².